The summed E-state index contributed by atoms with van der Waals surface area (Å²) in [5.41, 5.74) is 5.19. The number of imidazole rings is 1. The van der Waals surface area contributed by atoms with Gasteiger partial charge in [-0.2, -0.15) is 0 Å². The maximum Gasteiger partial charge on any atom is 0.408 e. The van der Waals surface area contributed by atoms with Crippen LogP contribution in [-0.4, -0.2) is 69.2 Å². The van der Waals surface area contributed by atoms with E-state index in [1.807, 2.05) is 89.5 Å². The van der Waals surface area contributed by atoms with Gasteiger partial charge < -0.3 is 34.5 Å². The number of amides is 3. The molecule has 0 saturated carbocycles. The number of alkyl carbamates (subject to hydrolysis) is 1. The Kier molecular flexibility index (Phi) is 10.8. The van der Waals surface area contributed by atoms with Crippen molar-refractivity contribution in [1.82, 2.24) is 19.8 Å². The molecule has 1 aromatic heterocycles. The highest BCUT2D eigenvalue weighted by Crippen LogP contribution is 2.43. The van der Waals surface area contributed by atoms with Crippen molar-refractivity contribution >= 4 is 34.6 Å². The molecule has 3 N–H and O–H groups in total. The molecule has 3 fully saturated rings. The largest absolute Gasteiger partial charge is 0.445 e. The summed E-state index contributed by atoms with van der Waals surface area (Å²) in [7, 11) is 0. The molecular formula is C43H45N5O8. The van der Waals surface area contributed by atoms with E-state index in [4.69, 9.17) is 14.2 Å². The van der Waals surface area contributed by atoms with Gasteiger partial charge in [0.2, 0.25) is 5.91 Å². The molecule has 13 nitrogen and oxygen atoms in total. The van der Waals surface area contributed by atoms with Crippen LogP contribution in [0.1, 0.15) is 66.9 Å². The predicted molar refractivity (Wildman–Crippen MR) is 207 cm³/mol. The van der Waals surface area contributed by atoms with Crippen molar-refractivity contribution in [3.05, 3.63) is 136 Å². The number of benzene rings is 4. The number of nitrogens with one attached hydrogen (secondary N) is 2. The molecule has 290 valence electrons. The van der Waals surface area contributed by atoms with E-state index in [0.717, 1.165) is 58.6 Å². The number of rotatable bonds is 10. The lowest BCUT2D eigenvalue weighted by Crippen LogP contribution is -2.47. The Labute approximate surface area is 323 Å². The molecule has 5 atom stereocenters. The molecule has 3 aliphatic heterocycles. The number of piperidine rings is 1. The summed E-state index contributed by atoms with van der Waals surface area (Å²) < 4.78 is 20.6. The van der Waals surface area contributed by atoms with Crippen LogP contribution in [0.4, 0.5) is 10.5 Å². The Balaban J connectivity index is 0.976. The molecule has 0 bridgehead atoms. The highest BCUT2D eigenvalue weighted by molar-refractivity contribution is 6.22. The molecule has 8 rings (SSSR count). The van der Waals surface area contributed by atoms with Crippen LogP contribution >= 0.6 is 0 Å². The summed E-state index contributed by atoms with van der Waals surface area (Å²) in [5.74, 6) is -1.06. The molecule has 13 heteroatoms. The summed E-state index contributed by atoms with van der Waals surface area (Å²) in [6.07, 6.45) is -0.785. The van der Waals surface area contributed by atoms with Crippen molar-refractivity contribution in [2.24, 2.45) is 5.92 Å². The topological polar surface area (TPSA) is 155 Å². The van der Waals surface area contributed by atoms with E-state index in [1.54, 1.807) is 18.2 Å². The first kappa shape index (κ1) is 37.3. The molecule has 1 unspecified atom stereocenters. The quantitative estimate of drug-likeness (QED) is 0.157. The number of carbonyl (C=O) groups is 3. The van der Waals surface area contributed by atoms with Gasteiger partial charge in [-0.3, -0.25) is 14.2 Å². The van der Waals surface area contributed by atoms with Crippen LogP contribution in [0.3, 0.4) is 0 Å². The van der Waals surface area contributed by atoms with Crippen molar-refractivity contribution in [2.75, 3.05) is 24.5 Å². The zero-order valence-corrected chi connectivity index (χ0v) is 31.1. The lowest BCUT2D eigenvalue weighted by molar-refractivity contribution is -0.276. The van der Waals surface area contributed by atoms with Gasteiger partial charge in [0.05, 0.1) is 42.0 Å². The van der Waals surface area contributed by atoms with Gasteiger partial charge in [0, 0.05) is 37.2 Å². The van der Waals surface area contributed by atoms with E-state index in [2.05, 4.69) is 22.1 Å². The Morgan fingerprint density at radius 1 is 0.875 bits per heavy atom. The van der Waals surface area contributed by atoms with Gasteiger partial charge in [-0.1, -0.05) is 85.8 Å². The summed E-state index contributed by atoms with van der Waals surface area (Å²) in [6.45, 7) is 4.29. The van der Waals surface area contributed by atoms with Gasteiger partial charge in [-0.15, -0.1) is 0 Å². The monoisotopic (exact) mass is 759 g/mol. The molecule has 3 amide bonds. The number of anilines is 1. The number of aliphatic hydroxyl groups excluding tert-OH is 1. The number of hydrogen-bond acceptors (Lipinski definition) is 9. The van der Waals surface area contributed by atoms with Gasteiger partial charge in [0.1, 0.15) is 12.6 Å². The van der Waals surface area contributed by atoms with E-state index in [1.165, 1.54) is 0 Å². The molecule has 0 spiro atoms. The first-order valence-corrected chi connectivity index (χ1v) is 19.1. The first-order chi connectivity index (χ1) is 27.2. The molecular weight excluding hydrogens is 715 g/mol. The maximum atomic E-state index is 13.5. The van der Waals surface area contributed by atoms with E-state index in [-0.39, 0.29) is 49.5 Å². The number of ether oxygens (including phenoxy) is 3. The third-order valence-electron chi connectivity index (χ3n) is 11.2. The fourth-order valence-corrected chi connectivity index (χ4v) is 8.11. The maximum absolute atomic E-state index is 13.5. The van der Waals surface area contributed by atoms with Crippen LogP contribution in [-0.2, 0) is 37.0 Å². The fourth-order valence-electron chi connectivity index (χ4n) is 8.11. The number of nitrogens with zero attached hydrogens (tertiary/aromatic N) is 3. The number of carbonyl (C=O) groups excluding carboxylic acids is 3. The van der Waals surface area contributed by atoms with Gasteiger partial charge in [-0.25, -0.2) is 14.5 Å². The molecule has 0 aliphatic carbocycles. The predicted octanol–water partition coefficient (Wildman–Crippen LogP) is 5.51. The van der Waals surface area contributed by atoms with Crippen molar-refractivity contribution in [2.45, 2.75) is 70.0 Å². The second-order valence-electron chi connectivity index (χ2n) is 14.8. The first-order valence-electron chi connectivity index (χ1n) is 19.1. The zero-order chi connectivity index (χ0) is 38.8. The smallest absolute Gasteiger partial charge is 0.408 e. The molecule has 3 aliphatic rings. The molecule has 56 heavy (non-hydrogen) atoms. The molecule has 0 radical (unpaired) electrons. The number of aromatic amines is 1. The van der Waals surface area contributed by atoms with Gasteiger partial charge >= 0.3 is 11.8 Å². The SMILES string of the molecule is C[C@H]1[C@@H](CN2CCC(n3c(=O)[nH]c4ccccc43)CC2)O[C@@H](c2cccc(N3C(=O)CC(NC(=O)OCc4ccccc4)C3=O)c2)O[C@H]1c1ccc(CO)cc1. The summed E-state index contributed by atoms with van der Waals surface area (Å²) in [4.78, 5) is 58.7. The van der Waals surface area contributed by atoms with Crippen LogP contribution in [0.15, 0.2) is 108 Å². The minimum atomic E-state index is -1.06. The highest BCUT2D eigenvalue weighted by Gasteiger charge is 2.43. The van der Waals surface area contributed by atoms with Gasteiger partial charge in [0.25, 0.3) is 5.91 Å². The third kappa shape index (κ3) is 7.76. The number of H-pyrrole nitrogens is 1. The van der Waals surface area contributed by atoms with Crippen LogP contribution in [0.25, 0.3) is 11.0 Å². The van der Waals surface area contributed by atoms with Crippen molar-refractivity contribution in [3.8, 4) is 0 Å². The average molecular weight is 760 g/mol. The zero-order valence-electron chi connectivity index (χ0n) is 31.1. The number of hydrogen-bond donors (Lipinski definition) is 3. The lowest BCUT2D eigenvalue weighted by atomic mass is 9.89. The number of imide groups is 1. The molecule has 4 aromatic carbocycles. The molecule has 4 heterocycles. The van der Waals surface area contributed by atoms with E-state index < -0.39 is 30.2 Å². The van der Waals surface area contributed by atoms with Crippen molar-refractivity contribution in [1.29, 1.82) is 0 Å². The standard InChI is InChI=1S/C43H45N5O8/c1-27-37(24-46-20-18-32(19-21-46)47-36-13-6-5-12-34(36)44-42(47)52)55-41(56-39(27)30-16-14-28(25-49)15-17-30)31-10-7-11-33(22-31)48-38(50)23-35(40(48)51)45-43(53)54-26-29-8-3-2-4-9-29/h2-17,22,27,32,35,37,39,41,49H,18-21,23-26H2,1H3,(H,44,52)(H,45,53)/t27-,35?,37+,39+,41+/m0/s1. The van der Waals surface area contributed by atoms with Crippen molar-refractivity contribution in [3.63, 3.8) is 0 Å². The minimum absolute atomic E-state index is 0.0332. The highest BCUT2D eigenvalue weighted by atomic mass is 16.7. The number of likely N-dealkylation sites (tertiary alicyclic amines) is 1. The molecule has 5 aromatic rings. The minimum Gasteiger partial charge on any atom is -0.445 e. The second-order valence-corrected chi connectivity index (χ2v) is 14.8. The van der Waals surface area contributed by atoms with E-state index >= 15 is 0 Å². The summed E-state index contributed by atoms with van der Waals surface area (Å²) in [6, 6.07) is 30.7. The Morgan fingerprint density at radius 2 is 1.62 bits per heavy atom. The van der Waals surface area contributed by atoms with Crippen LogP contribution in [0, 0.1) is 5.92 Å². The number of aliphatic hydroxyl groups is 1. The summed E-state index contributed by atoms with van der Waals surface area (Å²) >= 11 is 0. The lowest BCUT2D eigenvalue weighted by Gasteiger charge is -2.44. The third-order valence-corrected chi connectivity index (χ3v) is 11.2. The fraction of sp³-hybridized carbons (Fsp3) is 0.349. The van der Waals surface area contributed by atoms with Crippen LogP contribution in [0.2, 0.25) is 0 Å². The van der Waals surface area contributed by atoms with E-state index in [0.29, 0.717) is 17.8 Å². The number of fused-ring (bicyclic) bond motifs is 1. The number of para-hydroxylation sites is 2. The van der Waals surface area contributed by atoms with Crippen LogP contribution < -0.4 is 15.9 Å². The Bertz CT molecular complexity index is 2250. The Morgan fingerprint density at radius 3 is 2.39 bits per heavy atom. The van der Waals surface area contributed by atoms with Gasteiger partial charge in [-0.05, 0) is 53.8 Å². The average Bonchev–Trinajstić information content (AvgIpc) is 3.71. The van der Waals surface area contributed by atoms with Crippen molar-refractivity contribution < 1.29 is 33.7 Å². The Hall–Kier alpha value is -5.60. The number of aromatic nitrogens is 2. The molecule has 3 saturated heterocycles. The normalized spacial score (nSPS) is 23.5. The summed E-state index contributed by atoms with van der Waals surface area (Å²) in [5, 5.41) is 12.2. The van der Waals surface area contributed by atoms with E-state index in [9.17, 15) is 24.3 Å². The second kappa shape index (κ2) is 16.2. The van der Waals surface area contributed by atoms with Gasteiger partial charge in [0.15, 0.2) is 6.29 Å². The van der Waals surface area contributed by atoms with Crippen LogP contribution in [0.5, 0.6) is 0 Å².